The number of carbonyl (C=O) groups excluding carboxylic acids is 1. The molecule has 0 aliphatic carbocycles. The highest BCUT2D eigenvalue weighted by molar-refractivity contribution is 5.76. The summed E-state index contributed by atoms with van der Waals surface area (Å²) in [6.07, 6.45) is 8.00. The number of carbonyl (C=O) groups is 1. The van der Waals surface area contributed by atoms with E-state index < -0.39 is 0 Å². The predicted octanol–water partition coefficient (Wildman–Crippen LogP) is 2.97. The van der Waals surface area contributed by atoms with Gasteiger partial charge in [0.25, 0.3) is 0 Å². The largest absolute Gasteiger partial charge is 0.345 e. The molecule has 2 amide bonds. The van der Waals surface area contributed by atoms with Crippen molar-refractivity contribution in [2.45, 2.75) is 38.6 Å². The first-order valence-electron chi connectivity index (χ1n) is 9.95. The van der Waals surface area contributed by atoms with Crippen molar-refractivity contribution in [2.75, 3.05) is 32.7 Å². The molecular formula is C20H29N5O. The van der Waals surface area contributed by atoms with Gasteiger partial charge in [-0.15, -0.1) is 0 Å². The summed E-state index contributed by atoms with van der Waals surface area (Å²) in [4.78, 5) is 24.3. The number of imidazole rings is 1. The summed E-state index contributed by atoms with van der Waals surface area (Å²) in [6.45, 7) is 6.14. The minimum Gasteiger partial charge on any atom is -0.345 e. The van der Waals surface area contributed by atoms with Crippen LogP contribution in [0.2, 0.25) is 0 Å². The molecule has 2 saturated heterocycles. The van der Waals surface area contributed by atoms with Gasteiger partial charge in [0.1, 0.15) is 0 Å². The van der Waals surface area contributed by atoms with Crippen molar-refractivity contribution in [1.82, 2.24) is 25.1 Å². The molecular weight excluding hydrogens is 326 g/mol. The standard InChI is InChI=1S/C20H29N5O/c26-20(21-14-17-3-4-18-19(13-17)23-15-22-18)25-11-6-16(7-12-25)5-10-24-8-1-2-9-24/h3-4,13,15-16H,1-2,5-12,14H2,(H,21,26)(H,22,23). The fourth-order valence-corrected chi connectivity index (χ4v) is 4.18. The van der Waals surface area contributed by atoms with E-state index in [4.69, 9.17) is 0 Å². The molecule has 3 heterocycles. The lowest BCUT2D eigenvalue weighted by molar-refractivity contribution is 0.163. The molecule has 0 spiro atoms. The Morgan fingerprint density at radius 1 is 1.19 bits per heavy atom. The molecule has 6 heteroatoms. The zero-order valence-corrected chi connectivity index (χ0v) is 15.4. The Morgan fingerprint density at radius 3 is 2.81 bits per heavy atom. The SMILES string of the molecule is O=C(NCc1ccc2nc[nH]c2c1)N1CCC(CCN2CCCC2)CC1. The zero-order valence-electron chi connectivity index (χ0n) is 15.4. The van der Waals surface area contributed by atoms with Crippen LogP contribution >= 0.6 is 0 Å². The number of aromatic amines is 1. The van der Waals surface area contributed by atoms with E-state index >= 15 is 0 Å². The Labute approximate surface area is 155 Å². The van der Waals surface area contributed by atoms with Gasteiger partial charge in [-0.1, -0.05) is 6.07 Å². The number of hydrogen-bond donors (Lipinski definition) is 2. The summed E-state index contributed by atoms with van der Waals surface area (Å²) < 4.78 is 0. The van der Waals surface area contributed by atoms with Gasteiger partial charge < -0.3 is 20.1 Å². The Bertz CT molecular complexity index is 729. The van der Waals surface area contributed by atoms with Gasteiger partial charge in [-0.05, 0) is 75.4 Å². The topological polar surface area (TPSA) is 64.3 Å². The van der Waals surface area contributed by atoms with Gasteiger partial charge in [-0.25, -0.2) is 9.78 Å². The molecule has 0 unspecified atom stereocenters. The van der Waals surface area contributed by atoms with Crippen molar-refractivity contribution >= 4 is 17.1 Å². The molecule has 0 atom stereocenters. The van der Waals surface area contributed by atoms with Gasteiger partial charge >= 0.3 is 6.03 Å². The van der Waals surface area contributed by atoms with Gasteiger partial charge in [0.2, 0.25) is 0 Å². The fraction of sp³-hybridized carbons (Fsp3) is 0.600. The number of urea groups is 1. The molecule has 6 nitrogen and oxygen atoms in total. The van der Waals surface area contributed by atoms with Crippen LogP contribution in [-0.2, 0) is 6.54 Å². The first kappa shape index (κ1) is 17.3. The second-order valence-corrected chi connectivity index (χ2v) is 7.68. The number of piperidine rings is 1. The molecule has 0 bridgehead atoms. The Hall–Kier alpha value is -2.08. The quantitative estimate of drug-likeness (QED) is 0.867. The van der Waals surface area contributed by atoms with Crippen molar-refractivity contribution in [3.63, 3.8) is 0 Å². The van der Waals surface area contributed by atoms with Crippen LogP contribution in [0.15, 0.2) is 24.5 Å². The molecule has 2 aliphatic heterocycles. The molecule has 0 saturated carbocycles. The Balaban J connectivity index is 1.19. The molecule has 1 aromatic heterocycles. The maximum Gasteiger partial charge on any atom is 0.317 e. The number of fused-ring (bicyclic) bond motifs is 1. The molecule has 2 aliphatic rings. The van der Waals surface area contributed by atoms with Crippen molar-refractivity contribution in [3.8, 4) is 0 Å². The molecule has 0 radical (unpaired) electrons. The molecule has 140 valence electrons. The summed E-state index contributed by atoms with van der Waals surface area (Å²) in [5.41, 5.74) is 3.06. The molecule has 2 aromatic rings. The van der Waals surface area contributed by atoms with Crippen LogP contribution in [0.5, 0.6) is 0 Å². The minimum absolute atomic E-state index is 0.0627. The second kappa shape index (κ2) is 8.08. The van der Waals surface area contributed by atoms with Gasteiger partial charge in [-0.2, -0.15) is 0 Å². The maximum absolute atomic E-state index is 12.4. The van der Waals surface area contributed by atoms with Crippen molar-refractivity contribution in [2.24, 2.45) is 5.92 Å². The molecule has 2 N–H and O–H groups in total. The highest BCUT2D eigenvalue weighted by Gasteiger charge is 2.23. The fourth-order valence-electron chi connectivity index (χ4n) is 4.18. The van der Waals surface area contributed by atoms with E-state index in [1.54, 1.807) is 6.33 Å². The van der Waals surface area contributed by atoms with Crippen molar-refractivity contribution in [3.05, 3.63) is 30.1 Å². The number of nitrogens with one attached hydrogen (secondary N) is 2. The maximum atomic E-state index is 12.4. The summed E-state index contributed by atoms with van der Waals surface area (Å²) >= 11 is 0. The second-order valence-electron chi connectivity index (χ2n) is 7.68. The van der Waals surface area contributed by atoms with Crippen LogP contribution in [0, 0.1) is 5.92 Å². The van der Waals surface area contributed by atoms with Crippen LogP contribution in [0.4, 0.5) is 4.79 Å². The average Bonchev–Trinajstić information content (AvgIpc) is 3.36. The lowest BCUT2D eigenvalue weighted by atomic mass is 9.93. The van der Waals surface area contributed by atoms with E-state index in [2.05, 4.69) is 20.2 Å². The van der Waals surface area contributed by atoms with E-state index in [0.717, 1.165) is 48.4 Å². The number of amides is 2. The number of aromatic nitrogens is 2. The molecule has 4 rings (SSSR count). The van der Waals surface area contributed by atoms with Crippen molar-refractivity contribution in [1.29, 1.82) is 0 Å². The lowest BCUT2D eigenvalue weighted by Crippen LogP contribution is -2.44. The third-order valence-corrected chi connectivity index (χ3v) is 5.88. The number of likely N-dealkylation sites (tertiary alicyclic amines) is 2. The summed E-state index contributed by atoms with van der Waals surface area (Å²) in [5.74, 6) is 0.780. The van der Waals surface area contributed by atoms with E-state index in [-0.39, 0.29) is 6.03 Å². The third kappa shape index (κ3) is 4.18. The van der Waals surface area contributed by atoms with Gasteiger partial charge in [-0.3, -0.25) is 0 Å². The van der Waals surface area contributed by atoms with Crippen LogP contribution < -0.4 is 5.32 Å². The molecule has 2 fully saturated rings. The first-order valence-corrected chi connectivity index (χ1v) is 9.95. The van der Waals surface area contributed by atoms with E-state index in [9.17, 15) is 4.79 Å². The molecule has 26 heavy (non-hydrogen) atoms. The number of hydrogen-bond acceptors (Lipinski definition) is 3. The number of nitrogens with zero attached hydrogens (tertiary/aromatic N) is 3. The van der Waals surface area contributed by atoms with E-state index in [1.165, 1.54) is 38.9 Å². The van der Waals surface area contributed by atoms with Gasteiger partial charge in [0, 0.05) is 19.6 Å². The Kier molecular flexibility index (Phi) is 5.39. The monoisotopic (exact) mass is 355 g/mol. The van der Waals surface area contributed by atoms with Crippen LogP contribution in [0.1, 0.15) is 37.7 Å². The van der Waals surface area contributed by atoms with Gasteiger partial charge in [0.05, 0.1) is 17.4 Å². The zero-order chi connectivity index (χ0) is 17.8. The van der Waals surface area contributed by atoms with Crippen molar-refractivity contribution < 1.29 is 4.79 Å². The van der Waals surface area contributed by atoms with Crippen LogP contribution in [-0.4, -0.2) is 58.5 Å². The highest BCUT2D eigenvalue weighted by Crippen LogP contribution is 2.22. The summed E-state index contributed by atoms with van der Waals surface area (Å²) in [5, 5.41) is 3.06. The number of benzene rings is 1. The lowest BCUT2D eigenvalue weighted by Gasteiger charge is -2.32. The summed E-state index contributed by atoms with van der Waals surface area (Å²) in [7, 11) is 0. The van der Waals surface area contributed by atoms with Crippen LogP contribution in [0.3, 0.4) is 0 Å². The average molecular weight is 355 g/mol. The number of rotatable bonds is 5. The predicted molar refractivity (Wildman–Crippen MR) is 103 cm³/mol. The van der Waals surface area contributed by atoms with Crippen LogP contribution in [0.25, 0.3) is 11.0 Å². The summed E-state index contributed by atoms with van der Waals surface area (Å²) in [6, 6.07) is 6.12. The first-order chi connectivity index (χ1) is 12.8. The van der Waals surface area contributed by atoms with E-state index in [1.807, 2.05) is 23.1 Å². The normalized spacial score (nSPS) is 19.3. The smallest absolute Gasteiger partial charge is 0.317 e. The van der Waals surface area contributed by atoms with E-state index in [0.29, 0.717) is 6.54 Å². The highest BCUT2D eigenvalue weighted by atomic mass is 16.2. The Morgan fingerprint density at radius 2 is 2.00 bits per heavy atom. The minimum atomic E-state index is 0.0627. The molecule has 1 aromatic carbocycles. The van der Waals surface area contributed by atoms with Gasteiger partial charge in [0.15, 0.2) is 0 Å². The number of H-pyrrole nitrogens is 1. The third-order valence-electron chi connectivity index (χ3n) is 5.88.